The molecular weight excluding hydrogens is 259 g/mol. The fourth-order valence-corrected chi connectivity index (χ4v) is 0.802. The summed E-state index contributed by atoms with van der Waals surface area (Å²) in [4.78, 5) is 4.17. The highest BCUT2D eigenvalue weighted by atomic mass is 32.2. The summed E-state index contributed by atoms with van der Waals surface area (Å²) >= 11 is 0. The molecule has 0 unspecified atom stereocenters. The SMILES string of the molecule is CCCc1ccccn1.O=S(=O)(O)C(F)(F)F. The van der Waals surface area contributed by atoms with E-state index in [4.69, 9.17) is 13.0 Å². The first kappa shape index (κ1) is 15.9. The van der Waals surface area contributed by atoms with E-state index in [0.717, 1.165) is 6.42 Å². The molecule has 0 saturated carbocycles. The Hall–Kier alpha value is -1.15. The summed E-state index contributed by atoms with van der Waals surface area (Å²) < 4.78 is 57.5. The fraction of sp³-hybridized carbons (Fsp3) is 0.444. The van der Waals surface area contributed by atoms with Crippen molar-refractivity contribution >= 4 is 10.1 Å². The average Bonchev–Trinajstić information content (AvgIpc) is 2.17. The van der Waals surface area contributed by atoms with Crippen LogP contribution in [0, 0.1) is 0 Å². The Labute approximate surface area is 97.2 Å². The topological polar surface area (TPSA) is 67.3 Å². The molecule has 1 N–H and O–H groups in total. The second-order valence-corrected chi connectivity index (χ2v) is 4.40. The molecule has 0 aliphatic rings. The second kappa shape index (κ2) is 6.55. The number of halogens is 3. The minimum Gasteiger partial charge on any atom is -0.279 e. The van der Waals surface area contributed by atoms with Crippen LogP contribution < -0.4 is 0 Å². The quantitative estimate of drug-likeness (QED) is 0.662. The van der Waals surface area contributed by atoms with E-state index in [9.17, 15) is 13.2 Å². The number of aryl methyl sites for hydroxylation is 1. The van der Waals surface area contributed by atoms with Gasteiger partial charge in [-0.3, -0.25) is 9.54 Å². The third-order valence-corrected chi connectivity index (χ3v) is 2.11. The molecular formula is C9H12F3NO3S. The third-order valence-electron chi connectivity index (χ3n) is 1.52. The molecule has 1 rings (SSSR count). The van der Waals surface area contributed by atoms with Gasteiger partial charge in [-0.25, -0.2) is 0 Å². The molecule has 1 aromatic heterocycles. The van der Waals surface area contributed by atoms with Gasteiger partial charge in [0.15, 0.2) is 0 Å². The Morgan fingerprint density at radius 3 is 2.18 bits per heavy atom. The highest BCUT2D eigenvalue weighted by Gasteiger charge is 2.44. The van der Waals surface area contributed by atoms with E-state index in [2.05, 4.69) is 18.0 Å². The van der Waals surface area contributed by atoms with Gasteiger partial charge in [-0.2, -0.15) is 21.6 Å². The molecule has 0 aliphatic carbocycles. The maximum Gasteiger partial charge on any atom is 0.522 e. The normalized spacial score (nSPS) is 11.6. The van der Waals surface area contributed by atoms with Crippen LogP contribution in [0.2, 0.25) is 0 Å². The van der Waals surface area contributed by atoms with Crippen LogP contribution in [0.1, 0.15) is 19.0 Å². The zero-order valence-corrected chi connectivity index (χ0v) is 9.79. The molecule has 98 valence electrons. The van der Waals surface area contributed by atoms with Gasteiger partial charge in [0.05, 0.1) is 0 Å². The van der Waals surface area contributed by atoms with Gasteiger partial charge >= 0.3 is 15.6 Å². The molecule has 17 heavy (non-hydrogen) atoms. The summed E-state index contributed by atoms with van der Waals surface area (Å²) in [5.41, 5.74) is -4.34. The van der Waals surface area contributed by atoms with Crippen molar-refractivity contribution in [2.24, 2.45) is 0 Å². The van der Waals surface area contributed by atoms with Crippen molar-refractivity contribution in [3.8, 4) is 0 Å². The van der Waals surface area contributed by atoms with E-state index in [1.54, 1.807) is 0 Å². The summed E-state index contributed by atoms with van der Waals surface area (Å²) in [6.45, 7) is 2.16. The number of aromatic nitrogens is 1. The Bertz CT molecular complexity index is 417. The van der Waals surface area contributed by atoms with Gasteiger partial charge in [-0.15, -0.1) is 0 Å². The van der Waals surface area contributed by atoms with Gasteiger partial charge < -0.3 is 0 Å². The molecule has 0 fully saturated rings. The van der Waals surface area contributed by atoms with E-state index in [-0.39, 0.29) is 0 Å². The molecule has 0 amide bonds. The largest absolute Gasteiger partial charge is 0.522 e. The Kier molecular flexibility index (Phi) is 6.11. The van der Waals surface area contributed by atoms with Gasteiger partial charge in [0.2, 0.25) is 0 Å². The van der Waals surface area contributed by atoms with Crippen molar-refractivity contribution in [3.05, 3.63) is 30.1 Å². The van der Waals surface area contributed by atoms with Crippen molar-refractivity contribution in [1.82, 2.24) is 4.98 Å². The minimum atomic E-state index is -5.84. The Balaban J connectivity index is 0.000000304. The first-order chi connectivity index (χ1) is 7.68. The lowest BCUT2D eigenvalue weighted by Gasteiger charge is -1.97. The first-order valence-corrected chi connectivity index (χ1v) is 6.06. The van der Waals surface area contributed by atoms with Crippen LogP contribution in [0.15, 0.2) is 24.4 Å². The van der Waals surface area contributed by atoms with E-state index in [0.29, 0.717) is 0 Å². The summed E-state index contributed by atoms with van der Waals surface area (Å²) in [5.74, 6) is 0. The summed E-state index contributed by atoms with van der Waals surface area (Å²) in [6.07, 6.45) is 4.11. The standard InChI is InChI=1S/C8H11N.CHF3O3S/c1-2-5-8-6-3-4-7-9-8;2-1(3,4)8(5,6)7/h3-4,6-7H,2,5H2,1H3;(H,5,6,7). The van der Waals surface area contributed by atoms with Crippen LogP contribution >= 0.6 is 0 Å². The maximum absolute atomic E-state index is 10.7. The third kappa shape index (κ3) is 6.90. The van der Waals surface area contributed by atoms with Crippen LogP contribution in [0.5, 0.6) is 0 Å². The molecule has 0 aromatic carbocycles. The summed E-state index contributed by atoms with van der Waals surface area (Å²) in [7, 11) is -5.84. The minimum absolute atomic E-state index is 1.10. The molecule has 1 heterocycles. The Morgan fingerprint density at radius 1 is 1.35 bits per heavy atom. The molecule has 0 spiro atoms. The molecule has 0 radical (unpaired) electrons. The maximum atomic E-state index is 10.7. The number of rotatable bonds is 2. The van der Waals surface area contributed by atoms with Crippen molar-refractivity contribution in [3.63, 3.8) is 0 Å². The predicted octanol–water partition coefficient (Wildman–Crippen LogP) is 2.43. The van der Waals surface area contributed by atoms with Crippen LogP contribution in [0.25, 0.3) is 0 Å². The zero-order valence-electron chi connectivity index (χ0n) is 8.98. The highest BCUT2D eigenvalue weighted by molar-refractivity contribution is 7.86. The summed E-state index contributed by atoms with van der Waals surface area (Å²) in [5, 5.41) is 0. The molecule has 8 heteroatoms. The lowest BCUT2D eigenvalue weighted by atomic mass is 10.2. The van der Waals surface area contributed by atoms with Gasteiger partial charge in [0.1, 0.15) is 0 Å². The average molecular weight is 271 g/mol. The molecule has 0 atom stereocenters. The van der Waals surface area contributed by atoms with E-state index < -0.39 is 15.6 Å². The monoisotopic (exact) mass is 271 g/mol. The van der Waals surface area contributed by atoms with Crippen LogP contribution in [0.4, 0.5) is 13.2 Å². The number of alkyl halides is 3. The van der Waals surface area contributed by atoms with E-state index in [1.807, 2.05) is 18.3 Å². The first-order valence-electron chi connectivity index (χ1n) is 4.62. The lowest BCUT2D eigenvalue weighted by molar-refractivity contribution is -0.0510. The number of hydrogen-bond acceptors (Lipinski definition) is 3. The molecule has 0 aliphatic heterocycles. The highest BCUT2D eigenvalue weighted by Crippen LogP contribution is 2.20. The lowest BCUT2D eigenvalue weighted by Crippen LogP contribution is -2.21. The van der Waals surface area contributed by atoms with Gasteiger partial charge in [-0.05, 0) is 18.6 Å². The van der Waals surface area contributed by atoms with E-state index >= 15 is 0 Å². The number of pyridine rings is 1. The predicted molar refractivity (Wildman–Crippen MR) is 55.8 cm³/mol. The van der Waals surface area contributed by atoms with Crippen molar-refractivity contribution in [2.75, 3.05) is 0 Å². The second-order valence-electron chi connectivity index (χ2n) is 2.99. The Morgan fingerprint density at radius 2 is 1.88 bits per heavy atom. The van der Waals surface area contributed by atoms with Gasteiger partial charge in [0.25, 0.3) is 0 Å². The molecule has 0 saturated heterocycles. The van der Waals surface area contributed by atoms with Crippen LogP contribution in [-0.2, 0) is 16.5 Å². The van der Waals surface area contributed by atoms with Crippen molar-refractivity contribution in [2.45, 2.75) is 25.3 Å². The smallest absolute Gasteiger partial charge is 0.279 e. The molecule has 0 bridgehead atoms. The van der Waals surface area contributed by atoms with Crippen LogP contribution in [0.3, 0.4) is 0 Å². The van der Waals surface area contributed by atoms with Crippen LogP contribution in [-0.4, -0.2) is 23.5 Å². The van der Waals surface area contributed by atoms with Gasteiger partial charge in [-0.1, -0.05) is 19.4 Å². The number of hydrogen-bond donors (Lipinski definition) is 1. The van der Waals surface area contributed by atoms with Crippen molar-refractivity contribution < 1.29 is 26.1 Å². The molecule has 1 aromatic rings. The summed E-state index contributed by atoms with van der Waals surface area (Å²) in [6, 6.07) is 6.03. The van der Waals surface area contributed by atoms with Crippen molar-refractivity contribution in [1.29, 1.82) is 0 Å². The molecule has 4 nitrogen and oxygen atoms in total. The fourth-order valence-electron chi connectivity index (χ4n) is 0.802. The zero-order chi connectivity index (χ0) is 13.5. The van der Waals surface area contributed by atoms with Gasteiger partial charge in [0, 0.05) is 11.9 Å². The number of nitrogens with zero attached hydrogens (tertiary/aromatic N) is 1. The van der Waals surface area contributed by atoms with E-state index in [1.165, 1.54) is 12.1 Å².